The van der Waals surface area contributed by atoms with E-state index >= 15 is 0 Å². The van der Waals surface area contributed by atoms with Crippen molar-refractivity contribution in [2.24, 2.45) is 0 Å². The Kier molecular flexibility index (Phi) is 7.57. The molecule has 1 aromatic carbocycles. The van der Waals surface area contributed by atoms with E-state index < -0.39 is 8.07 Å². The van der Waals surface area contributed by atoms with E-state index in [9.17, 15) is 4.79 Å². The molecule has 3 aromatic rings. The fraction of sp³-hybridized carbons (Fsp3) is 0.464. The second kappa shape index (κ2) is 10.5. The Labute approximate surface area is 210 Å². The van der Waals surface area contributed by atoms with Crippen molar-refractivity contribution in [3.05, 3.63) is 54.5 Å². The standard InChI is InChI=1S/C28H38N4O2Si/c1-7-9-21-12-13-32(28(33)20(2)3)23-11-8-10-22(16-23)26-25-24(21)17-31(27(25)30-18-29-26)19-34-14-15-35(4,5)6/h8,10-11,16-18,21H,2,7,9,12-15,19H2,1,3-6H3. The summed E-state index contributed by atoms with van der Waals surface area (Å²) in [5.74, 6) is 0.263. The Morgan fingerprint density at radius 2 is 2.06 bits per heavy atom. The molecule has 1 aliphatic rings. The SMILES string of the molecule is C=C(C)C(=O)N1CCC(CCC)c2cn(COCC[Si](C)(C)C)c3ncnc(c23)-c2cccc1c2. The van der Waals surface area contributed by atoms with Crippen molar-refractivity contribution >= 4 is 30.7 Å². The molecule has 2 aromatic heterocycles. The molecule has 0 radical (unpaired) electrons. The summed E-state index contributed by atoms with van der Waals surface area (Å²) < 4.78 is 8.26. The first-order chi connectivity index (χ1) is 16.7. The molecule has 0 fully saturated rings. The maximum Gasteiger partial charge on any atom is 0.253 e. The summed E-state index contributed by atoms with van der Waals surface area (Å²) in [5.41, 5.74) is 5.51. The molecule has 0 saturated carbocycles. The van der Waals surface area contributed by atoms with Crippen molar-refractivity contribution in [3.63, 3.8) is 0 Å². The third-order valence-electron chi connectivity index (χ3n) is 6.73. The number of aromatic nitrogens is 3. The van der Waals surface area contributed by atoms with Crippen LogP contribution in [-0.2, 0) is 16.3 Å². The number of carbonyl (C=O) groups is 1. The van der Waals surface area contributed by atoms with E-state index in [0.717, 1.165) is 59.9 Å². The number of carbonyl (C=O) groups excluding carboxylic acids is 1. The first kappa shape index (κ1) is 25.3. The summed E-state index contributed by atoms with van der Waals surface area (Å²) in [4.78, 5) is 24.4. The van der Waals surface area contributed by atoms with Gasteiger partial charge in [0.2, 0.25) is 0 Å². The molecule has 0 aliphatic carbocycles. The number of hydrogen-bond acceptors (Lipinski definition) is 4. The molecule has 4 rings (SSSR count). The van der Waals surface area contributed by atoms with E-state index in [2.05, 4.69) is 56.0 Å². The molecule has 1 aliphatic heterocycles. The van der Waals surface area contributed by atoms with Gasteiger partial charge in [-0.05, 0) is 49.4 Å². The van der Waals surface area contributed by atoms with Crippen LogP contribution in [0.25, 0.3) is 22.3 Å². The maximum atomic E-state index is 13.1. The lowest BCUT2D eigenvalue weighted by Crippen LogP contribution is -2.33. The van der Waals surface area contributed by atoms with Crippen molar-refractivity contribution < 1.29 is 9.53 Å². The van der Waals surface area contributed by atoms with Crippen LogP contribution in [0.5, 0.6) is 0 Å². The van der Waals surface area contributed by atoms with Gasteiger partial charge in [0.25, 0.3) is 5.91 Å². The Morgan fingerprint density at radius 1 is 1.26 bits per heavy atom. The fourth-order valence-corrected chi connectivity index (χ4v) is 5.57. The third-order valence-corrected chi connectivity index (χ3v) is 8.43. The summed E-state index contributed by atoms with van der Waals surface area (Å²) in [6, 6.07) is 9.26. The van der Waals surface area contributed by atoms with Gasteiger partial charge in [0, 0.05) is 49.6 Å². The minimum absolute atomic E-state index is 0.0283. The minimum atomic E-state index is -1.15. The van der Waals surface area contributed by atoms with Crippen LogP contribution in [0.15, 0.2) is 48.9 Å². The molecular weight excluding hydrogens is 452 g/mol. The molecule has 6 nitrogen and oxygen atoms in total. The number of hydrogen-bond donors (Lipinski definition) is 0. The van der Waals surface area contributed by atoms with Crippen LogP contribution in [0.2, 0.25) is 25.7 Å². The van der Waals surface area contributed by atoms with Crippen molar-refractivity contribution in [2.75, 3.05) is 18.1 Å². The molecule has 0 N–H and O–H groups in total. The lowest BCUT2D eigenvalue weighted by atomic mass is 9.89. The monoisotopic (exact) mass is 490 g/mol. The van der Waals surface area contributed by atoms with Crippen molar-refractivity contribution in [2.45, 2.75) is 71.4 Å². The highest BCUT2D eigenvalue weighted by molar-refractivity contribution is 6.76. The van der Waals surface area contributed by atoms with Gasteiger partial charge in [-0.1, -0.05) is 51.7 Å². The molecule has 3 heterocycles. The van der Waals surface area contributed by atoms with E-state index in [-0.39, 0.29) is 5.91 Å². The van der Waals surface area contributed by atoms with Crippen LogP contribution >= 0.6 is 0 Å². The van der Waals surface area contributed by atoms with Crippen LogP contribution in [0, 0.1) is 0 Å². The molecule has 7 heteroatoms. The van der Waals surface area contributed by atoms with Crippen molar-refractivity contribution in [1.29, 1.82) is 0 Å². The predicted octanol–water partition coefficient (Wildman–Crippen LogP) is 6.61. The van der Waals surface area contributed by atoms with Gasteiger partial charge in [-0.2, -0.15) is 0 Å². The highest BCUT2D eigenvalue weighted by Crippen LogP contribution is 2.39. The summed E-state index contributed by atoms with van der Waals surface area (Å²) >= 11 is 0. The second-order valence-corrected chi connectivity index (χ2v) is 16.5. The summed E-state index contributed by atoms with van der Waals surface area (Å²) in [7, 11) is -1.15. The zero-order valence-electron chi connectivity index (χ0n) is 21.8. The number of nitrogens with zero attached hydrogens (tertiary/aromatic N) is 4. The smallest absolute Gasteiger partial charge is 0.253 e. The van der Waals surface area contributed by atoms with E-state index in [4.69, 9.17) is 14.7 Å². The maximum absolute atomic E-state index is 13.1. The number of benzene rings is 1. The predicted molar refractivity (Wildman–Crippen MR) is 147 cm³/mol. The number of fused-ring (bicyclic) bond motifs is 3. The second-order valence-electron chi connectivity index (χ2n) is 10.9. The Morgan fingerprint density at radius 3 is 2.77 bits per heavy atom. The van der Waals surface area contributed by atoms with E-state index in [0.29, 0.717) is 24.8 Å². The summed E-state index contributed by atoms with van der Waals surface area (Å²) in [6.07, 6.45) is 6.82. The molecule has 0 saturated heterocycles. The number of anilines is 1. The quantitative estimate of drug-likeness (QED) is 0.203. The number of rotatable bonds is 8. The Hall–Kier alpha value is -2.77. The van der Waals surface area contributed by atoms with E-state index in [1.54, 1.807) is 13.3 Å². The Bertz CT molecular complexity index is 1230. The van der Waals surface area contributed by atoms with E-state index in [1.165, 1.54) is 5.56 Å². The van der Waals surface area contributed by atoms with Gasteiger partial charge >= 0.3 is 0 Å². The molecule has 1 amide bonds. The highest BCUT2D eigenvalue weighted by Gasteiger charge is 2.26. The normalized spacial score (nSPS) is 15.9. The third kappa shape index (κ3) is 5.57. The average molecular weight is 491 g/mol. The summed E-state index contributed by atoms with van der Waals surface area (Å²) in [5, 5.41) is 1.11. The van der Waals surface area contributed by atoms with Gasteiger partial charge in [0.1, 0.15) is 18.7 Å². The van der Waals surface area contributed by atoms with Crippen LogP contribution in [0.3, 0.4) is 0 Å². The van der Waals surface area contributed by atoms with Crippen LogP contribution in [-0.4, -0.2) is 41.7 Å². The van der Waals surface area contributed by atoms with Crippen molar-refractivity contribution in [3.8, 4) is 11.3 Å². The van der Waals surface area contributed by atoms with Gasteiger partial charge in [-0.3, -0.25) is 4.79 Å². The lowest BCUT2D eigenvalue weighted by molar-refractivity contribution is -0.115. The van der Waals surface area contributed by atoms with Crippen LogP contribution in [0.4, 0.5) is 5.69 Å². The van der Waals surface area contributed by atoms with Crippen LogP contribution < -0.4 is 4.90 Å². The number of amides is 1. The molecular formula is C28H38N4O2Si. The zero-order chi connectivity index (χ0) is 25.2. The molecule has 186 valence electrons. The zero-order valence-corrected chi connectivity index (χ0v) is 22.8. The van der Waals surface area contributed by atoms with Gasteiger partial charge in [0.05, 0.1) is 5.69 Å². The molecule has 1 atom stereocenters. The van der Waals surface area contributed by atoms with Gasteiger partial charge in [-0.25, -0.2) is 9.97 Å². The molecule has 0 spiro atoms. The van der Waals surface area contributed by atoms with E-state index in [1.807, 2.05) is 17.0 Å². The fourth-order valence-electron chi connectivity index (χ4n) is 4.81. The lowest BCUT2D eigenvalue weighted by Gasteiger charge is -2.27. The summed E-state index contributed by atoms with van der Waals surface area (Å²) in [6.45, 7) is 16.9. The van der Waals surface area contributed by atoms with Gasteiger partial charge in [0.15, 0.2) is 0 Å². The topological polar surface area (TPSA) is 60.2 Å². The number of ether oxygens (including phenoxy) is 1. The largest absolute Gasteiger partial charge is 0.361 e. The Balaban J connectivity index is 1.81. The molecule has 2 bridgehead atoms. The first-order valence-electron chi connectivity index (χ1n) is 12.7. The highest BCUT2D eigenvalue weighted by atomic mass is 28.3. The van der Waals surface area contributed by atoms with Gasteiger partial charge < -0.3 is 14.2 Å². The van der Waals surface area contributed by atoms with Crippen molar-refractivity contribution in [1.82, 2.24) is 14.5 Å². The first-order valence-corrected chi connectivity index (χ1v) is 16.4. The molecule has 1 unspecified atom stereocenters. The minimum Gasteiger partial charge on any atom is -0.361 e. The average Bonchev–Trinajstić information content (AvgIpc) is 3.19. The van der Waals surface area contributed by atoms with Gasteiger partial charge in [-0.15, -0.1) is 0 Å². The van der Waals surface area contributed by atoms with Crippen LogP contribution in [0.1, 0.15) is 44.6 Å². The molecule has 35 heavy (non-hydrogen) atoms.